The van der Waals surface area contributed by atoms with E-state index < -0.39 is 0 Å². The lowest BCUT2D eigenvalue weighted by Crippen LogP contribution is -2.37. The van der Waals surface area contributed by atoms with E-state index in [1.807, 2.05) is 12.1 Å². The van der Waals surface area contributed by atoms with Gasteiger partial charge >= 0.3 is 0 Å². The van der Waals surface area contributed by atoms with Crippen LogP contribution in [0.2, 0.25) is 0 Å². The van der Waals surface area contributed by atoms with Crippen molar-refractivity contribution < 1.29 is 4.74 Å². The normalized spacial score (nSPS) is 20.6. The molecule has 1 N–H and O–H groups in total. The Balaban J connectivity index is 2.11. The summed E-state index contributed by atoms with van der Waals surface area (Å²) >= 11 is 1.80. The zero-order chi connectivity index (χ0) is 15.5. The second kappa shape index (κ2) is 6.71. The van der Waals surface area contributed by atoms with E-state index in [9.17, 15) is 0 Å². The van der Waals surface area contributed by atoms with Crippen molar-refractivity contribution in [1.82, 2.24) is 10.2 Å². The van der Waals surface area contributed by atoms with Gasteiger partial charge in [-0.1, -0.05) is 23.9 Å². The number of ether oxygens (including phenoxy) is 1. The number of nitrogens with zero attached hydrogens (tertiary/aromatic N) is 2. The third kappa shape index (κ3) is 4.38. The third-order valence-corrected chi connectivity index (χ3v) is 4.90. The maximum absolute atomic E-state index is 5.32. The molecule has 1 atom stereocenters. The van der Waals surface area contributed by atoms with Crippen molar-refractivity contribution in [2.24, 2.45) is 4.99 Å². The summed E-state index contributed by atoms with van der Waals surface area (Å²) in [6, 6.07) is 8.47. The largest absolute Gasteiger partial charge is 0.497 e. The summed E-state index contributed by atoms with van der Waals surface area (Å²) in [5, 5.41) is 4.52. The van der Waals surface area contributed by atoms with Gasteiger partial charge in [0, 0.05) is 11.3 Å². The lowest BCUT2D eigenvalue weighted by Gasteiger charge is -2.24. The number of thioether (sulfide) groups is 1. The van der Waals surface area contributed by atoms with Crippen molar-refractivity contribution in [3.8, 4) is 5.75 Å². The molecule has 1 saturated heterocycles. The van der Waals surface area contributed by atoms with Crippen LogP contribution in [-0.4, -0.2) is 49.1 Å². The molecule has 21 heavy (non-hydrogen) atoms. The van der Waals surface area contributed by atoms with Crippen molar-refractivity contribution in [2.45, 2.75) is 25.4 Å². The van der Waals surface area contributed by atoms with Gasteiger partial charge in [0.05, 0.1) is 19.7 Å². The van der Waals surface area contributed by atoms with Crippen LogP contribution in [0, 0.1) is 0 Å². The number of methoxy groups -OCH3 is 1. The van der Waals surface area contributed by atoms with Crippen LogP contribution in [0.25, 0.3) is 0 Å². The predicted octanol–water partition coefficient (Wildman–Crippen LogP) is 2.77. The van der Waals surface area contributed by atoms with Crippen molar-refractivity contribution in [3.05, 3.63) is 29.8 Å². The van der Waals surface area contributed by atoms with Crippen LogP contribution in [0.4, 0.5) is 0 Å². The Morgan fingerprint density at radius 1 is 1.43 bits per heavy atom. The van der Waals surface area contributed by atoms with Crippen molar-refractivity contribution in [2.75, 3.05) is 33.5 Å². The fraction of sp³-hybridized carbons (Fsp3) is 0.562. The minimum absolute atomic E-state index is 0.146. The lowest BCUT2D eigenvalue weighted by molar-refractivity contribution is 0.305. The molecule has 1 aromatic rings. The molecule has 116 valence electrons. The monoisotopic (exact) mass is 307 g/mol. The topological polar surface area (TPSA) is 36.9 Å². The van der Waals surface area contributed by atoms with E-state index in [2.05, 4.69) is 50.3 Å². The van der Waals surface area contributed by atoms with Gasteiger partial charge in [-0.25, -0.2) is 0 Å². The van der Waals surface area contributed by atoms with Crippen molar-refractivity contribution in [3.63, 3.8) is 0 Å². The molecule has 0 amide bonds. The zero-order valence-electron chi connectivity index (χ0n) is 13.5. The summed E-state index contributed by atoms with van der Waals surface area (Å²) in [7, 11) is 5.87. The van der Waals surface area contributed by atoms with Crippen LogP contribution < -0.4 is 10.1 Å². The average Bonchev–Trinajstić information content (AvgIpc) is 2.78. The minimum atomic E-state index is 0.146. The number of hydrogen-bond donors (Lipinski definition) is 1. The Kier molecular flexibility index (Phi) is 5.17. The predicted molar refractivity (Wildman–Crippen MR) is 91.4 cm³/mol. The van der Waals surface area contributed by atoms with Gasteiger partial charge in [0.15, 0.2) is 5.17 Å². The summed E-state index contributed by atoms with van der Waals surface area (Å²) in [6.45, 7) is 5.15. The summed E-state index contributed by atoms with van der Waals surface area (Å²) in [5.74, 6) is 1.96. The Hall–Kier alpha value is -1.20. The molecule has 5 heteroatoms. The Labute approximate surface area is 132 Å². The van der Waals surface area contributed by atoms with E-state index in [-0.39, 0.29) is 11.6 Å². The summed E-state index contributed by atoms with van der Waals surface area (Å²) in [6.07, 6.45) is 0. The van der Waals surface area contributed by atoms with Gasteiger partial charge in [0.1, 0.15) is 5.75 Å². The van der Waals surface area contributed by atoms with Crippen molar-refractivity contribution in [1.29, 1.82) is 0 Å². The zero-order valence-corrected chi connectivity index (χ0v) is 14.3. The molecule has 1 aliphatic rings. The van der Waals surface area contributed by atoms with Crippen LogP contribution in [0.1, 0.15) is 25.5 Å². The number of rotatable bonds is 5. The highest BCUT2D eigenvalue weighted by Crippen LogP contribution is 2.25. The number of nitrogens with one attached hydrogen (secondary N) is 1. The maximum Gasteiger partial charge on any atom is 0.157 e. The molecule has 1 unspecified atom stereocenters. The standard InChI is InChI=1S/C16H25N3OS/c1-16(2)11-21-15(18-16)17-10-14(19(3)4)12-7-6-8-13(9-12)20-5/h6-9,14H,10-11H2,1-5H3,(H,17,18). The molecule has 1 aromatic carbocycles. The van der Waals surface area contributed by atoms with E-state index in [1.165, 1.54) is 5.56 Å². The second-order valence-corrected chi connectivity index (χ2v) is 7.16. The van der Waals surface area contributed by atoms with E-state index in [4.69, 9.17) is 9.73 Å². The number of hydrogen-bond acceptors (Lipinski definition) is 4. The van der Waals surface area contributed by atoms with Crippen molar-refractivity contribution >= 4 is 16.9 Å². The Bertz CT molecular complexity index is 514. The molecule has 0 spiro atoms. The second-order valence-electron chi connectivity index (χ2n) is 6.20. The van der Waals surface area contributed by atoms with Gasteiger partial charge < -0.3 is 15.0 Å². The van der Waals surface area contributed by atoms with Gasteiger partial charge in [-0.2, -0.15) is 0 Å². The number of amidine groups is 1. The highest BCUT2D eigenvalue weighted by molar-refractivity contribution is 8.14. The smallest absolute Gasteiger partial charge is 0.157 e. The Morgan fingerprint density at radius 3 is 2.76 bits per heavy atom. The number of likely N-dealkylation sites (N-methyl/N-ethyl adjacent to an activating group) is 1. The molecule has 1 heterocycles. The SMILES string of the molecule is COc1cccc(C(CN=C2NC(C)(C)CS2)N(C)C)c1. The average molecular weight is 307 g/mol. The van der Waals surface area contributed by atoms with Gasteiger partial charge in [0.25, 0.3) is 0 Å². The number of benzene rings is 1. The maximum atomic E-state index is 5.32. The Morgan fingerprint density at radius 2 is 2.19 bits per heavy atom. The molecular formula is C16H25N3OS. The van der Waals surface area contributed by atoms with Gasteiger partial charge in [0.2, 0.25) is 0 Å². The summed E-state index contributed by atoms with van der Waals surface area (Å²) in [5.41, 5.74) is 1.37. The van der Waals surface area contributed by atoms with Gasteiger partial charge in [-0.15, -0.1) is 0 Å². The molecule has 1 fully saturated rings. The van der Waals surface area contributed by atoms with Crippen LogP contribution >= 0.6 is 11.8 Å². The van der Waals surface area contributed by atoms with E-state index in [0.717, 1.165) is 23.2 Å². The molecule has 0 radical (unpaired) electrons. The van der Waals surface area contributed by atoms with Crippen LogP contribution in [-0.2, 0) is 0 Å². The molecule has 0 bridgehead atoms. The van der Waals surface area contributed by atoms with Crippen LogP contribution in [0.3, 0.4) is 0 Å². The fourth-order valence-corrected chi connectivity index (χ4v) is 3.36. The van der Waals surface area contributed by atoms with E-state index in [1.54, 1.807) is 18.9 Å². The van der Waals surface area contributed by atoms with E-state index >= 15 is 0 Å². The molecule has 0 saturated carbocycles. The molecule has 0 aliphatic carbocycles. The summed E-state index contributed by atoms with van der Waals surface area (Å²) < 4.78 is 5.32. The van der Waals surface area contributed by atoms with Gasteiger partial charge in [-0.3, -0.25) is 4.99 Å². The first-order valence-electron chi connectivity index (χ1n) is 7.17. The first-order chi connectivity index (χ1) is 9.91. The number of aliphatic imine (C=N–C) groups is 1. The minimum Gasteiger partial charge on any atom is -0.497 e. The molecular weight excluding hydrogens is 282 g/mol. The quantitative estimate of drug-likeness (QED) is 0.907. The van der Waals surface area contributed by atoms with E-state index in [0.29, 0.717) is 0 Å². The highest BCUT2D eigenvalue weighted by Gasteiger charge is 2.27. The molecule has 1 aliphatic heterocycles. The van der Waals surface area contributed by atoms with Gasteiger partial charge in [-0.05, 0) is 45.6 Å². The first-order valence-corrected chi connectivity index (χ1v) is 8.16. The lowest BCUT2D eigenvalue weighted by atomic mass is 10.1. The third-order valence-electron chi connectivity index (χ3n) is 3.52. The van der Waals surface area contributed by atoms with Crippen LogP contribution in [0.15, 0.2) is 29.3 Å². The first kappa shape index (κ1) is 16.2. The highest BCUT2D eigenvalue weighted by atomic mass is 32.2. The summed E-state index contributed by atoms with van der Waals surface area (Å²) in [4.78, 5) is 6.96. The molecule has 2 rings (SSSR count). The fourth-order valence-electron chi connectivity index (χ4n) is 2.28. The van der Waals surface area contributed by atoms with Crippen LogP contribution in [0.5, 0.6) is 5.75 Å². The molecule has 4 nitrogen and oxygen atoms in total. The molecule has 0 aromatic heterocycles.